The summed E-state index contributed by atoms with van der Waals surface area (Å²) < 4.78 is 0. The van der Waals surface area contributed by atoms with Gasteiger partial charge in [0.2, 0.25) is 0 Å². The maximum Gasteiger partial charge on any atom is 0.0549 e. The van der Waals surface area contributed by atoms with Gasteiger partial charge in [-0.1, -0.05) is 13.8 Å². The van der Waals surface area contributed by atoms with Crippen molar-refractivity contribution in [2.75, 3.05) is 26.2 Å². The van der Waals surface area contributed by atoms with Gasteiger partial charge in [0.15, 0.2) is 0 Å². The molecule has 0 aromatic rings. The van der Waals surface area contributed by atoms with Gasteiger partial charge in [-0.05, 0) is 64.7 Å². The summed E-state index contributed by atoms with van der Waals surface area (Å²) in [5.74, 6) is 0.816. The third-order valence-electron chi connectivity index (χ3n) is 4.20. The maximum absolute atomic E-state index is 9.50. The molecule has 2 unspecified atom stereocenters. The fourth-order valence-corrected chi connectivity index (χ4v) is 2.62. The van der Waals surface area contributed by atoms with Crippen molar-refractivity contribution in [3.8, 4) is 0 Å². The van der Waals surface area contributed by atoms with E-state index >= 15 is 0 Å². The van der Waals surface area contributed by atoms with Crippen LogP contribution in [-0.2, 0) is 0 Å². The van der Waals surface area contributed by atoms with Crippen LogP contribution in [0.25, 0.3) is 0 Å². The summed E-state index contributed by atoms with van der Waals surface area (Å²) >= 11 is 0. The number of rotatable bonds is 7. The molecule has 1 aliphatic heterocycles. The second-order valence-corrected chi connectivity index (χ2v) is 5.37. The van der Waals surface area contributed by atoms with Crippen LogP contribution in [0.2, 0.25) is 0 Å². The number of aliphatic hydroxyl groups excluding tert-OH is 1. The van der Waals surface area contributed by atoms with Crippen LogP contribution >= 0.6 is 0 Å². The van der Waals surface area contributed by atoms with Crippen LogP contribution in [0.3, 0.4) is 0 Å². The van der Waals surface area contributed by atoms with Crippen molar-refractivity contribution in [1.82, 2.24) is 10.2 Å². The molecule has 2 N–H and O–H groups in total. The smallest absolute Gasteiger partial charge is 0.0549 e. The maximum atomic E-state index is 9.50. The average molecular weight is 242 g/mol. The van der Waals surface area contributed by atoms with Crippen molar-refractivity contribution >= 4 is 0 Å². The van der Waals surface area contributed by atoms with Gasteiger partial charge in [0, 0.05) is 6.04 Å². The molecular formula is C14H30N2O. The number of nitrogens with one attached hydrogen (secondary N) is 1. The predicted octanol–water partition coefficient (Wildman–Crippen LogP) is 1.86. The zero-order valence-electron chi connectivity index (χ0n) is 11.8. The third-order valence-corrected chi connectivity index (χ3v) is 4.20. The summed E-state index contributed by atoms with van der Waals surface area (Å²) in [6.45, 7) is 11.2. The lowest BCUT2D eigenvalue weighted by Gasteiger charge is -2.34. The summed E-state index contributed by atoms with van der Waals surface area (Å²) in [7, 11) is 0. The first-order valence-corrected chi connectivity index (χ1v) is 7.31. The van der Waals surface area contributed by atoms with E-state index in [1.807, 2.05) is 6.92 Å². The number of nitrogens with zero attached hydrogens (tertiary/aromatic N) is 1. The first-order chi connectivity index (χ1) is 8.17. The van der Waals surface area contributed by atoms with Gasteiger partial charge in [-0.2, -0.15) is 0 Å². The van der Waals surface area contributed by atoms with Crippen molar-refractivity contribution in [2.24, 2.45) is 5.92 Å². The lowest BCUT2D eigenvalue weighted by Crippen LogP contribution is -2.42. The minimum atomic E-state index is -0.128. The number of aliphatic hydroxyl groups is 1. The van der Waals surface area contributed by atoms with Gasteiger partial charge in [0.05, 0.1) is 6.10 Å². The lowest BCUT2D eigenvalue weighted by molar-refractivity contribution is 0.148. The van der Waals surface area contributed by atoms with Crippen LogP contribution in [-0.4, -0.2) is 48.3 Å². The van der Waals surface area contributed by atoms with Gasteiger partial charge in [-0.25, -0.2) is 0 Å². The molecule has 1 saturated heterocycles. The Kier molecular flexibility index (Phi) is 7.09. The second kappa shape index (κ2) is 8.06. The van der Waals surface area contributed by atoms with E-state index in [1.165, 1.54) is 32.5 Å². The van der Waals surface area contributed by atoms with Crippen LogP contribution in [0.15, 0.2) is 0 Å². The van der Waals surface area contributed by atoms with E-state index in [0.29, 0.717) is 6.04 Å². The van der Waals surface area contributed by atoms with Crippen LogP contribution in [0.5, 0.6) is 0 Å². The predicted molar refractivity (Wildman–Crippen MR) is 73.2 cm³/mol. The highest BCUT2D eigenvalue weighted by atomic mass is 16.3. The molecule has 102 valence electrons. The van der Waals surface area contributed by atoms with Crippen molar-refractivity contribution in [3.05, 3.63) is 0 Å². The number of likely N-dealkylation sites (tertiary alicyclic amines) is 1. The van der Waals surface area contributed by atoms with Crippen LogP contribution in [0.4, 0.5) is 0 Å². The normalized spacial score (nSPS) is 22.6. The van der Waals surface area contributed by atoms with Crippen LogP contribution in [0.1, 0.15) is 46.5 Å². The molecule has 0 amide bonds. The molecule has 0 aliphatic carbocycles. The molecule has 0 bridgehead atoms. The van der Waals surface area contributed by atoms with E-state index in [1.54, 1.807) is 0 Å². The molecule has 17 heavy (non-hydrogen) atoms. The molecule has 0 spiro atoms. The lowest BCUT2D eigenvalue weighted by atomic mass is 9.90. The standard InChI is InChI=1S/C14H30N2O/c1-4-14(17)6-9-15-12(3)13-7-10-16(5-2)11-8-13/h12-15,17H,4-11H2,1-3H3. The summed E-state index contributed by atoms with van der Waals surface area (Å²) in [5, 5.41) is 13.1. The summed E-state index contributed by atoms with van der Waals surface area (Å²) in [5.41, 5.74) is 0. The van der Waals surface area contributed by atoms with E-state index in [-0.39, 0.29) is 6.10 Å². The van der Waals surface area contributed by atoms with Gasteiger partial charge in [0.1, 0.15) is 0 Å². The van der Waals surface area contributed by atoms with Crippen LogP contribution in [0, 0.1) is 5.92 Å². The first-order valence-electron chi connectivity index (χ1n) is 7.31. The van der Waals surface area contributed by atoms with Crippen molar-refractivity contribution in [2.45, 2.75) is 58.6 Å². The molecule has 3 heteroatoms. The highest BCUT2D eigenvalue weighted by Gasteiger charge is 2.22. The Labute approximate surface area is 107 Å². The van der Waals surface area contributed by atoms with Gasteiger partial charge in [-0.3, -0.25) is 0 Å². The summed E-state index contributed by atoms with van der Waals surface area (Å²) in [4.78, 5) is 2.53. The zero-order valence-corrected chi connectivity index (χ0v) is 11.8. The summed E-state index contributed by atoms with van der Waals surface area (Å²) in [6, 6.07) is 0.595. The molecule has 1 rings (SSSR count). The minimum absolute atomic E-state index is 0.128. The molecule has 0 aromatic heterocycles. The molecular weight excluding hydrogens is 212 g/mol. The molecule has 2 atom stereocenters. The highest BCUT2D eigenvalue weighted by Crippen LogP contribution is 2.20. The van der Waals surface area contributed by atoms with E-state index < -0.39 is 0 Å². The Hall–Kier alpha value is -0.120. The molecule has 1 fully saturated rings. The number of hydrogen-bond acceptors (Lipinski definition) is 3. The fraction of sp³-hybridized carbons (Fsp3) is 1.00. The monoisotopic (exact) mass is 242 g/mol. The second-order valence-electron chi connectivity index (χ2n) is 5.37. The van der Waals surface area contributed by atoms with Gasteiger partial charge in [-0.15, -0.1) is 0 Å². The Balaban J connectivity index is 2.13. The van der Waals surface area contributed by atoms with E-state index in [0.717, 1.165) is 25.3 Å². The molecule has 0 aromatic carbocycles. The quantitative estimate of drug-likeness (QED) is 0.715. The molecule has 0 radical (unpaired) electrons. The van der Waals surface area contributed by atoms with E-state index in [9.17, 15) is 5.11 Å². The number of piperidine rings is 1. The molecule has 0 saturated carbocycles. The van der Waals surface area contributed by atoms with E-state index in [4.69, 9.17) is 0 Å². The molecule has 1 aliphatic rings. The van der Waals surface area contributed by atoms with Crippen molar-refractivity contribution < 1.29 is 5.11 Å². The topological polar surface area (TPSA) is 35.5 Å². The van der Waals surface area contributed by atoms with Crippen LogP contribution < -0.4 is 5.32 Å². The Morgan fingerprint density at radius 3 is 2.47 bits per heavy atom. The highest BCUT2D eigenvalue weighted by molar-refractivity contribution is 4.79. The third kappa shape index (κ3) is 5.36. The van der Waals surface area contributed by atoms with Gasteiger partial charge in [0.25, 0.3) is 0 Å². The Morgan fingerprint density at radius 2 is 1.94 bits per heavy atom. The molecule has 1 heterocycles. The van der Waals surface area contributed by atoms with Gasteiger partial charge >= 0.3 is 0 Å². The fourth-order valence-electron chi connectivity index (χ4n) is 2.62. The zero-order chi connectivity index (χ0) is 12.7. The van der Waals surface area contributed by atoms with E-state index in [2.05, 4.69) is 24.1 Å². The largest absolute Gasteiger partial charge is 0.393 e. The van der Waals surface area contributed by atoms with Crippen molar-refractivity contribution in [1.29, 1.82) is 0 Å². The minimum Gasteiger partial charge on any atom is -0.393 e. The molecule has 3 nitrogen and oxygen atoms in total. The SMILES string of the molecule is CCC(O)CCNC(C)C1CCN(CC)CC1. The average Bonchev–Trinajstić information content (AvgIpc) is 2.38. The summed E-state index contributed by atoms with van der Waals surface area (Å²) in [6.07, 6.45) is 4.26. The number of hydrogen-bond donors (Lipinski definition) is 2. The Morgan fingerprint density at radius 1 is 1.29 bits per heavy atom. The van der Waals surface area contributed by atoms with Crippen molar-refractivity contribution in [3.63, 3.8) is 0 Å². The Bertz CT molecular complexity index is 191. The van der Waals surface area contributed by atoms with Gasteiger partial charge < -0.3 is 15.3 Å². The first kappa shape index (κ1) is 14.9.